The van der Waals surface area contributed by atoms with Crippen molar-refractivity contribution < 1.29 is 23.8 Å². The van der Waals surface area contributed by atoms with E-state index in [-0.39, 0.29) is 11.9 Å². The van der Waals surface area contributed by atoms with Gasteiger partial charge in [-0.05, 0) is 60.2 Å². The fourth-order valence-electron chi connectivity index (χ4n) is 3.20. The Morgan fingerprint density at radius 2 is 1.48 bits per heavy atom. The highest BCUT2D eigenvalue weighted by Gasteiger charge is 2.17. The number of methoxy groups -OCH3 is 1. The second-order valence-corrected chi connectivity index (χ2v) is 7.09. The average molecular weight is 445 g/mol. The highest BCUT2D eigenvalue weighted by Crippen LogP contribution is 2.40. The number of urea groups is 1. The van der Waals surface area contributed by atoms with Crippen LogP contribution in [-0.2, 0) is 4.79 Å². The summed E-state index contributed by atoms with van der Waals surface area (Å²) in [6, 6.07) is 19.2. The lowest BCUT2D eigenvalue weighted by Crippen LogP contribution is -2.19. The molecule has 1 aliphatic rings. The number of rotatable bonds is 6. The van der Waals surface area contributed by atoms with Crippen molar-refractivity contribution in [3.63, 3.8) is 0 Å². The van der Waals surface area contributed by atoms with Crippen molar-refractivity contribution in [2.24, 2.45) is 0 Å². The van der Waals surface area contributed by atoms with E-state index >= 15 is 0 Å². The Hall–Kier alpha value is -4.46. The molecule has 3 aromatic rings. The average Bonchev–Trinajstić information content (AvgIpc) is 2.84. The summed E-state index contributed by atoms with van der Waals surface area (Å²) >= 11 is 0. The molecule has 0 atom stereocenters. The van der Waals surface area contributed by atoms with Crippen molar-refractivity contribution >= 4 is 35.1 Å². The van der Waals surface area contributed by atoms with E-state index < -0.39 is 0 Å². The van der Waals surface area contributed by atoms with Gasteiger partial charge < -0.3 is 30.2 Å². The summed E-state index contributed by atoms with van der Waals surface area (Å²) in [7, 11) is 1.55. The van der Waals surface area contributed by atoms with Crippen LogP contribution in [0.3, 0.4) is 0 Å². The van der Waals surface area contributed by atoms with Crippen molar-refractivity contribution in [3.8, 4) is 17.2 Å². The lowest BCUT2D eigenvalue weighted by molar-refractivity contribution is -0.111. The largest absolute Gasteiger partial charge is 0.493 e. The second kappa shape index (κ2) is 10.2. The van der Waals surface area contributed by atoms with Crippen LogP contribution in [0, 0.1) is 0 Å². The Kier molecular flexibility index (Phi) is 6.75. The minimum atomic E-state index is -0.351. The molecular formula is C25H23N3O5. The number of hydrogen-bond acceptors (Lipinski definition) is 5. The van der Waals surface area contributed by atoms with E-state index in [2.05, 4.69) is 16.0 Å². The zero-order valence-corrected chi connectivity index (χ0v) is 18.0. The summed E-state index contributed by atoms with van der Waals surface area (Å²) in [6.45, 7) is 0.926. The van der Waals surface area contributed by atoms with E-state index in [1.807, 2.05) is 18.2 Å². The number of ether oxygens (including phenoxy) is 3. The van der Waals surface area contributed by atoms with Crippen molar-refractivity contribution in [1.29, 1.82) is 0 Å². The predicted molar refractivity (Wildman–Crippen MR) is 127 cm³/mol. The minimum absolute atomic E-state index is 0.300. The summed E-state index contributed by atoms with van der Waals surface area (Å²) in [5, 5.41) is 8.27. The number of fused-ring (bicyclic) bond motifs is 1. The molecular weight excluding hydrogens is 422 g/mol. The Balaban J connectivity index is 1.33. The van der Waals surface area contributed by atoms with Gasteiger partial charge in [-0.25, -0.2) is 4.79 Å². The third-order valence-electron chi connectivity index (χ3n) is 4.72. The van der Waals surface area contributed by atoms with Gasteiger partial charge in [-0.15, -0.1) is 0 Å². The topological polar surface area (TPSA) is 97.9 Å². The van der Waals surface area contributed by atoms with Gasteiger partial charge >= 0.3 is 6.03 Å². The molecule has 1 heterocycles. The maximum Gasteiger partial charge on any atom is 0.323 e. The van der Waals surface area contributed by atoms with Crippen molar-refractivity contribution in [2.45, 2.75) is 0 Å². The van der Waals surface area contributed by atoms with Crippen LogP contribution in [0.2, 0.25) is 0 Å². The minimum Gasteiger partial charge on any atom is -0.493 e. The first kappa shape index (κ1) is 21.8. The Morgan fingerprint density at radius 3 is 2.18 bits per heavy atom. The van der Waals surface area contributed by atoms with E-state index in [0.29, 0.717) is 47.5 Å². The van der Waals surface area contributed by atoms with Crippen molar-refractivity contribution in [3.05, 3.63) is 78.4 Å². The second-order valence-electron chi connectivity index (χ2n) is 7.09. The van der Waals surface area contributed by atoms with E-state index in [4.69, 9.17) is 14.2 Å². The maximum absolute atomic E-state index is 12.3. The molecule has 1 aliphatic heterocycles. The number of carbonyl (C=O) groups excluding carboxylic acids is 2. The van der Waals surface area contributed by atoms with E-state index in [9.17, 15) is 9.59 Å². The Labute approximate surface area is 191 Å². The smallest absolute Gasteiger partial charge is 0.323 e. The van der Waals surface area contributed by atoms with Crippen LogP contribution in [0.25, 0.3) is 6.08 Å². The van der Waals surface area contributed by atoms with Gasteiger partial charge in [0.15, 0.2) is 11.5 Å². The molecule has 8 nitrogen and oxygen atoms in total. The monoisotopic (exact) mass is 445 g/mol. The lowest BCUT2D eigenvalue weighted by Gasteiger charge is -2.20. The SMILES string of the molecule is COc1cc(/C=C/C(=O)Nc2ccc(NC(=O)Nc3ccccc3)cc2)cc2c1OCCO2. The molecule has 0 spiro atoms. The van der Waals surface area contributed by atoms with Gasteiger partial charge in [0.1, 0.15) is 13.2 Å². The molecule has 0 aliphatic carbocycles. The quantitative estimate of drug-likeness (QED) is 0.475. The van der Waals surface area contributed by atoms with Gasteiger partial charge in [0.2, 0.25) is 11.7 Å². The van der Waals surface area contributed by atoms with E-state index in [0.717, 1.165) is 5.56 Å². The van der Waals surface area contributed by atoms with Crippen LogP contribution in [-0.4, -0.2) is 32.3 Å². The summed E-state index contributed by atoms with van der Waals surface area (Å²) in [6.07, 6.45) is 3.09. The standard InChI is InChI=1S/C25H23N3O5/c1-31-21-15-17(16-22-24(21)33-14-13-32-22)7-12-23(29)26-19-8-10-20(11-9-19)28-25(30)27-18-5-3-2-4-6-18/h2-12,15-16H,13-14H2,1H3,(H,26,29)(H2,27,28,30)/b12-7+. The maximum atomic E-state index is 12.3. The zero-order chi connectivity index (χ0) is 23.0. The molecule has 0 radical (unpaired) electrons. The number of benzene rings is 3. The van der Waals surface area contributed by atoms with E-state index in [1.165, 1.54) is 6.08 Å². The number of para-hydroxylation sites is 1. The van der Waals surface area contributed by atoms with Gasteiger partial charge in [-0.3, -0.25) is 4.79 Å². The first-order valence-corrected chi connectivity index (χ1v) is 10.3. The summed E-state index contributed by atoms with van der Waals surface area (Å²) in [4.78, 5) is 24.4. The van der Waals surface area contributed by atoms with E-state index in [1.54, 1.807) is 61.7 Å². The normalized spacial score (nSPS) is 12.2. The first-order valence-electron chi connectivity index (χ1n) is 10.3. The predicted octanol–water partition coefficient (Wildman–Crippen LogP) is 4.76. The van der Waals surface area contributed by atoms with Gasteiger partial charge in [0.05, 0.1) is 7.11 Å². The molecule has 0 unspecified atom stereocenters. The molecule has 4 rings (SSSR count). The number of nitrogens with one attached hydrogen (secondary N) is 3. The van der Waals surface area contributed by atoms with Crippen LogP contribution in [0.1, 0.15) is 5.56 Å². The van der Waals surface area contributed by atoms with Crippen LogP contribution in [0.15, 0.2) is 72.8 Å². The molecule has 0 saturated carbocycles. The molecule has 3 N–H and O–H groups in total. The van der Waals surface area contributed by atoms with Crippen LogP contribution in [0.5, 0.6) is 17.2 Å². The molecule has 33 heavy (non-hydrogen) atoms. The highest BCUT2D eigenvalue weighted by molar-refractivity contribution is 6.02. The van der Waals surface area contributed by atoms with Gasteiger partial charge in [-0.2, -0.15) is 0 Å². The molecule has 168 valence electrons. The molecule has 0 fully saturated rings. The zero-order valence-electron chi connectivity index (χ0n) is 18.0. The summed E-state index contributed by atoms with van der Waals surface area (Å²) < 4.78 is 16.5. The van der Waals surface area contributed by atoms with Gasteiger partial charge in [-0.1, -0.05) is 18.2 Å². The molecule has 0 bridgehead atoms. The van der Waals surface area contributed by atoms with Crippen LogP contribution < -0.4 is 30.2 Å². The van der Waals surface area contributed by atoms with Crippen LogP contribution in [0.4, 0.5) is 21.9 Å². The molecule has 3 aromatic carbocycles. The fraction of sp³-hybridized carbons (Fsp3) is 0.120. The van der Waals surface area contributed by atoms with Gasteiger partial charge in [0, 0.05) is 23.1 Å². The summed E-state index contributed by atoms with van der Waals surface area (Å²) in [5.41, 5.74) is 2.63. The Morgan fingerprint density at radius 1 is 0.848 bits per heavy atom. The van der Waals surface area contributed by atoms with Crippen LogP contribution >= 0.6 is 0 Å². The molecule has 3 amide bonds. The highest BCUT2D eigenvalue weighted by atomic mass is 16.6. The first-order chi connectivity index (χ1) is 16.1. The fourth-order valence-corrected chi connectivity index (χ4v) is 3.20. The lowest BCUT2D eigenvalue weighted by atomic mass is 10.1. The third-order valence-corrected chi connectivity index (χ3v) is 4.72. The Bertz CT molecular complexity index is 1140. The molecule has 0 saturated heterocycles. The number of hydrogen-bond donors (Lipinski definition) is 3. The number of amides is 3. The molecule has 8 heteroatoms. The number of carbonyl (C=O) groups is 2. The van der Waals surface area contributed by atoms with Crippen molar-refractivity contribution in [1.82, 2.24) is 0 Å². The summed E-state index contributed by atoms with van der Waals surface area (Å²) in [5.74, 6) is 1.40. The molecule has 0 aromatic heterocycles. The van der Waals surface area contributed by atoms with Gasteiger partial charge in [0.25, 0.3) is 0 Å². The van der Waals surface area contributed by atoms with Crippen molar-refractivity contribution in [2.75, 3.05) is 36.3 Å². The number of anilines is 3. The third kappa shape index (κ3) is 5.82.